The Hall–Kier alpha value is -2.18. The van der Waals surface area contributed by atoms with E-state index >= 15 is 0 Å². The highest BCUT2D eigenvalue weighted by atomic mass is 19.3. The first-order chi connectivity index (χ1) is 11.0. The van der Waals surface area contributed by atoms with Crippen LogP contribution in [0.1, 0.15) is 44.6 Å². The Kier molecular flexibility index (Phi) is 8.01. The van der Waals surface area contributed by atoms with Gasteiger partial charge in [0.1, 0.15) is 6.61 Å². The molecule has 128 valence electrons. The van der Waals surface area contributed by atoms with E-state index in [4.69, 9.17) is 4.74 Å². The summed E-state index contributed by atoms with van der Waals surface area (Å²) in [5, 5.41) is 0. The molecule has 0 aromatic heterocycles. The van der Waals surface area contributed by atoms with Crippen molar-refractivity contribution in [2.75, 3.05) is 0 Å². The Morgan fingerprint density at radius 2 is 1.83 bits per heavy atom. The number of ether oxygens (including phenoxy) is 1. The summed E-state index contributed by atoms with van der Waals surface area (Å²) in [5.41, 5.74) is 2.29. The van der Waals surface area contributed by atoms with Crippen molar-refractivity contribution in [2.45, 2.75) is 51.6 Å². The van der Waals surface area contributed by atoms with Crippen molar-refractivity contribution in [3.05, 3.63) is 35.9 Å². The summed E-state index contributed by atoms with van der Waals surface area (Å²) in [6, 6.07) is 8.77. The molecular weight excluding hydrogens is 308 g/mol. The number of unbranched alkanes of at least 4 members (excludes halogenated alkanes) is 3. The SMILES string of the molecule is CCCCCCC(F)(F)C(=O)ONC(=O)OCc1ccccc1. The number of halogens is 2. The minimum Gasteiger partial charge on any atom is -0.443 e. The first-order valence-electron chi connectivity index (χ1n) is 7.51. The summed E-state index contributed by atoms with van der Waals surface area (Å²) in [7, 11) is 0. The second-order valence-electron chi connectivity index (χ2n) is 5.07. The molecule has 5 nitrogen and oxygen atoms in total. The zero-order chi connectivity index (χ0) is 17.1. The fourth-order valence-corrected chi connectivity index (χ4v) is 1.79. The first-order valence-corrected chi connectivity index (χ1v) is 7.51. The Balaban J connectivity index is 2.26. The predicted molar refractivity (Wildman–Crippen MR) is 79.6 cm³/mol. The normalized spacial score (nSPS) is 10.9. The lowest BCUT2D eigenvalue weighted by atomic mass is 10.1. The number of alkyl halides is 2. The number of nitrogens with one attached hydrogen (secondary N) is 1. The maximum Gasteiger partial charge on any atom is 0.441 e. The first kappa shape index (κ1) is 18.9. The minimum absolute atomic E-state index is 0.0579. The number of amides is 1. The molecule has 0 heterocycles. The summed E-state index contributed by atoms with van der Waals surface area (Å²) in [6.45, 7) is 1.90. The molecule has 23 heavy (non-hydrogen) atoms. The van der Waals surface area contributed by atoms with Gasteiger partial charge in [-0.25, -0.2) is 9.59 Å². The summed E-state index contributed by atoms with van der Waals surface area (Å²) in [4.78, 5) is 26.7. The fraction of sp³-hybridized carbons (Fsp3) is 0.500. The largest absolute Gasteiger partial charge is 0.443 e. The van der Waals surface area contributed by atoms with Gasteiger partial charge in [0.05, 0.1) is 0 Å². The standard InChI is InChI=1S/C16H21F2NO4/c1-2-3-4-8-11-16(17,18)14(20)23-19-15(21)22-12-13-9-6-5-7-10-13/h5-7,9-10H,2-4,8,11-12H2,1H3,(H,19,21). The highest BCUT2D eigenvalue weighted by molar-refractivity contribution is 5.79. The molecule has 0 bridgehead atoms. The number of hydrogen-bond acceptors (Lipinski definition) is 4. The molecule has 1 N–H and O–H groups in total. The van der Waals surface area contributed by atoms with Crippen LogP contribution in [0.15, 0.2) is 30.3 Å². The van der Waals surface area contributed by atoms with Crippen molar-refractivity contribution < 1.29 is 27.9 Å². The van der Waals surface area contributed by atoms with Crippen LogP contribution in [-0.4, -0.2) is 18.0 Å². The van der Waals surface area contributed by atoms with Gasteiger partial charge in [-0.05, 0) is 12.0 Å². The van der Waals surface area contributed by atoms with Crippen LogP contribution in [0.25, 0.3) is 0 Å². The average Bonchev–Trinajstić information content (AvgIpc) is 2.55. The quantitative estimate of drug-likeness (QED) is 0.579. The van der Waals surface area contributed by atoms with Crippen LogP contribution >= 0.6 is 0 Å². The molecule has 0 saturated carbocycles. The van der Waals surface area contributed by atoms with E-state index in [1.165, 1.54) is 0 Å². The average molecular weight is 329 g/mol. The van der Waals surface area contributed by atoms with Crippen LogP contribution < -0.4 is 5.48 Å². The van der Waals surface area contributed by atoms with Crippen molar-refractivity contribution >= 4 is 12.1 Å². The van der Waals surface area contributed by atoms with Crippen LogP contribution in [0.3, 0.4) is 0 Å². The van der Waals surface area contributed by atoms with Gasteiger partial charge in [0.2, 0.25) is 0 Å². The molecule has 0 aliphatic rings. The van der Waals surface area contributed by atoms with E-state index in [2.05, 4.69) is 4.84 Å². The maximum absolute atomic E-state index is 13.5. The Bertz CT molecular complexity index is 494. The van der Waals surface area contributed by atoms with Gasteiger partial charge in [0.15, 0.2) is 0 Å². The van der Waals surface area contributed by atoms with E-state index in [1.54, 1.807) is 35.8 Å². The molecule has 7 heteroatoms. The third-order valence-corrected chi connectivity index (χ3v) is 3.08. The maximum atomic E-state index is 13.5. The monoisotopic (exact) mass is 329 g/mol. The second kappa shape index (κ2) is 9.76. The number of carbonyl (C=O) groups is 2. The zero-order valence-electron chi connectivity index (χ0n) is 13.0. The van der Waals surface area contributed by atoms with Crippen molar-refractivity contribution in [2.24, 2.45) is 0 Å². The molecule has 1 rings (SSSR count). The third kappa shape index (κ3) is 7.58. The molecule has 1 amide bonds. The Morgan fingerprint density at radius 1 is 1.13 bits per heavy atom. The second-order valence-corrected chi connectivity index (χ2v) is 5.07. The lowest BCUT2D eigenvalue weighted by Crippen LogP contribution is -2.37. The van der Waals surface area contributed by atoms with Gasteiger partial charge in [-0.15, -0.1) is 5.48 Å². The molecular formula is C16H21F2NO4. The smallest absolute Gasteiger partial charge is 0.441 e. The predicted octanol–water partition coefficient (Wildman–Crippen LogP) is 3.98. The summed E-state index contributed by atoms with van der Waals surface area (Å²) in [5.74, 6) is -5.41. The lowest BCUT2D eigenvalue weighted by molar-refractivity contribution is -0.179. The topological polar surface area (TPSA) is 64.6 Å². The van der Waals surface area contributed by atoms with Crippen LogP contribution in [0.2, 0.25) is 0 Å². The van der Waals surface area contributed by atoms with E-state index in [9.17, 15) is 18.4 Å². The van der Waals surface area contributed by atoms with Crippen molar-refractivity contribution in [3.63, 3.8) is 0 Å². The van der Waals surface area contributed by atoms with E-state index in [-0.39, 0.29) is 13.0 Å². The number of hydrogen-bond donors (Lipinski definition) is 1. The van der Waals surface area contributed by atoms with Crippen molar-refractivity contribution in [1.29, 1.82) is 0 Å². The van der Waals surface area contributed by atoms with Crippen LogP contribution in [0, 0.1) is 0 Å². The van der Waals surface area contributed by atoms with Crippen LogP contribution in [0.5, 0.6) is 0 Å². The van der Waals surface area contributed by atoms with E-state index < -0.39 is 24.4 Å². The Morgan fingerprint density at radius 3 is 2.48 bits per heavy atom. The lowest BCUT2D eigenvalue weighted by Gasteiger charge is -2.14. The van der Waals surface area contributed by atoms with E-state index in [0.717, 1.165) is 18.4 Å². The number of carbonyl (C=O) groups excluding carboxylic acids is 2. The van der Waals surface area contributed by atoms with Gasteiger partial charge in [0, 0.05) is 6.42 Å². The molecule has 0 radical (unpaired) electrons. The molecule has 0 aliphatic heterocycles. The number of hydroxylamine groups is 1. The minimum atomic E-state index is -3.62. The van der Waals surface area contributed by atoms with Crippen LogP contribution in [-0.2, 0) is 21.0 Å². The van der Waals surface area contributed by atoms with Gasteiger partial charge in [0.25, 0.3) is 0 Å². The van der Waals surface area contributed by atoms with E-state index in [0.29, 0.717) is 6.42 Å². The van der Waals surface area contributed by atoms with Crippen molar-refractivity contribution in [3.8, 4) is 0 Å². The summed E-state index contributed by atoms with van der Waals surface area (Å²) in [6.07, 6.45) is 0.858. The molecule has 0 aliphatic carbocycles. The molecule has 0 fully saturated rings. The van der Waals surface area contributed by atoms with E-state index in [1.807, 2.05) is 6.92 Å². The highest BCUT2D eigenvalue weighted by Crippen LogP contribution is 2.23. The zero-order valence-corrected chi connectivity index (χ0v) is 13.0. The van der Waals surface area contributed by atoms with Gasteiger partial charge in [-0.3, -0.25) is 0 Å². The Labute approximate surface area is 133 Å². The summed E-state index contributed by atoms with van der Waals surface area (Å²) >= 11 is 0. The number of rotatable bonds is 8. The molecule has 0 spiro atoms. The van der Waals surface area contributed by atoms with Gasteiger partial charge in [-0.1, -0.05) is 56.5 Å². The third-order valence-electron chi connectivity index (χ3n) is 3.08. The van der Waals surface area contributed by atoms with Gasteiger partial charge >= 0.3 is 18.0 Å². The number of benzene rings is 1. The van der Waals surface area contributed by atoms with Gasteiger partial charge in [-0.2, -0.15) is 8.78 Å². The fourth-order valence-electron chi connectivity index (χ4n) is 1.79. The molecule has 1 aromatic carbocycles. The highest BCUT2D eigenvalue weighted by Gasteiger charge is 2.40. The molecule has 0 saturated heterocycles. The molecule has 0 unspecified atom stereocenters. The molecule has 0 atom stereocenters. The summed E-state index contributed by atoms with van der Waals surface area (Å²) < 4.78 is 31.7. The van der Waals surface area contributed by atoms with Crippen LogP contribution in [0.4, 0.5) is 13.6 Å². The molecule has 1 aromatic rings. The van der Waals surface area contributed by atoms with Gasteiger partial charge < -0.3 is 9.57 Å². The van der Waals surface area contributed by atoms with Crippen molar-refractivity contribution in [1.82, 2.24) is 5.48 Å².